The SMILES string of the molecule is O=C(O)c1cccc(CC(=O)c2c(-c3ccccc3)[nH]c3ccccc23)c1NCCO. The number of anilines is 1. The third-order valence-corrected chi connectivity index (χ3v) is 5.19. The Morgan fingerprint density at radius 3 is 2.39 bits per heavy atom. The van der Waals surface area contributed by atoms with Gasteiger partial charge in [0, 0.05) is 23.9 Å². The van der Waals surface area contributed by atoms with E-state index in [-0.39, 0.29) is 30.9 Å². The van der Waals surface area contributed by atoms with Gasteiger partial charge in [-0.25, -0.2) is 4.79 Å². The van der Waals surface area contributed by atoms with Crippen molar-refractivity contribution in [2.75, 3.05) is 18.5 Å². The third-order valence-electron chi connectivity index (χ3n) is 5.19. The molecular formula is C25H22N2O4. The molecule has 0 radical (unpaired) electrons. The van der Waals surface area contributed by atoms with Crippen molar-refractivity contribution in [3.8, 4) is 11.3 Å². The Balaban J connectivity index is 1.80. The zero-order valence-corrected chi connectivity index (χ0v) is 16.8. The standard InChI is InChI=1S/C25H22N2O4/c28-14-13-26-23-17(9-6-11-19(23)25(30)31)15-21(29)22-18-10-4-5-12-20(18)27-24(22)16-7-2-1-3-8-16/h1-12,26-28H,13-15H2,(H,30,31). The van der Waals surface area contributed by atoms with Crippen molar-refractivity contribution in [1.82, 2.24) is 4.98 Å². The highest BCUT2D eigenvalue weighted by atomic mass is 16.4. The monoisotopic (exact) mass is 414 g/mol. The number of aromatic nitrogens is 1. The van der Waals surface area contributed by atoms with Gasteiger partial charge in [0.15, 0.2) is 5.78 Å². The van der Waals surface area contributed by atoms with Crippen LogP contribution < -0.4 is 5.32 Å². The molecule has 1 heterocycles. The van der Waals surface area contributed by atoms with Gasteiger partial charge in [0.2, 0.25) is 0 Å². The summed E-state index contributed by atoms with van der Waals surface area (Å²) in [7, 11) is 0. The molecule has 156 valence electrons. The summed E-state index contributed by atoms with van der Waals surface area (Å²) in [6, 6.07) is 22.1. The second-order valence-electron chi connectivity index (χ2n) is 7.18. The molecule has 0 saturated carbocycles. The first kappa shape index (κ1) is 20.4. The van der Waals surface area contributed by atoms with Crippen molar-refractivity contribution in [2.24, 2.45) is 0 Å². The van der Waals surface area contributed by atoms with E-state index in [0.717, 1.165) is 22.2 Å². The van der Waals surface area contributed by atoms with Crippen LogP contribution in [-0.2, 0) is 6.42 Å². The van der Waals surface area contributed by atoms with Gasteiger partial charge in [-0.1, -0.05) is 60.7 Å². The predicted molar refractivity (Wildman–Crippen MR) is 121 cm³/mol. The second-order valence-corrected chi connectivity index (χ2v) is 7.18. The average molecular weight is 414 g/mol. The van der Waals surface area contributed by atoms with Crippen molar-refractivity contribution in [2.45, 2.75) is 6.42 Å². The Morgan fingerprint density at radius 1 is 0.903 bits per heavy atom. The lowest BCUT2D eigenvalue weighted by molar-refractivity contribution is 0.0697. The van der Waals surface area contributed by atoms with Gasteiger partial charge in [0.05, 0.1) is 29.1 Å². The molecule has 0 saturated heterocycles. The summed E-state index contributed by atoms with van der Waals surface area (Å²) in [5.74, 6) is -1.21. The number of benzene rings is 3. The number of ketones is 1. The van der Waals surface area contributed by atoms with Crippen molar-refractivity contribution >= 4 is 28.3 Å². The molecule has 4 aromatic rings. The molecule has 0 spiro atoms. The maximum Gasteiger partial charge on any atom is 0.337 e. The Kier molecular flexibility index (Phi) is 5.82. The fourth-order valence-electron chi connectivity index (χ4n) is 3.83. The lowest BCUT2D eigenvalue weighted by atomic mass is 9.95. The van der Waals surface area contributed by atoms with Crippen LogP contribution in [0.15, 0.2) is 72.8 Å². The number of Topliss-reactive ketones (excluding diaryl/α,β-unsaturated/α-hetero) is 1. The van der Waals surface area contributed by atoms with E-state index in [2.05, 4.69) is 10.3 Å². The number of carbonyl (C=O) groups excluding carboxylic acids is 1. The molecular weight excluding hydrogens is 392 g/mol. The summed E-state index contributed by atoms with van der Waals surface area (Å²) in [6.07, 6.45) is 0.0244. The lowest BCUT2D eigenvalue weighted by Crippen LogP contribution is -2.14. The largest absolute Gasteiger partial charge is 0.478 e. The molecule has 0 bridgehead atoms. The first-order valence-corrected chi connectivity index (χ1v) is 9.99. The van der Waals surface area contributed by atoms with Gasteiger partial charge < -0.3 is 20.5 Å². The second kappa shape index (κ2) is 8.85. The topological polar surface area (TPSA) is 102 Å². The van der Waals surface area contributed by atoms with E-state index in [1.807, 2.05) is 54.6 Å². The maximum atomic E-state index is 13.5. The molecule has 4 rings (SSSR count). The Labute approximate surface area is 179 Å². The first-order valence-electron chi connectivity index (χ1n) is 9.99. The number of aliphatic hydroxyl groups excluding tert-OH is 1. The number of fused-ring (bicyclic) bond motifs is 1. The number of carboxylic acids is 1. The van der Waals surface area contributed by atoms with E-state index in [4.69, 9.17) is 0 Å². The quantitative estimate of drug-likeness (QED) is 0.321. The molecule has 0 unspecified atom stereocenters. The average Bonchev–Trinajstić information content (AvgIpc) is 3.18. The molecule has 6 nitrogen and oxygen atoms in total. The lowest BCUT2D eigenvalue weighted by Gasteiger charge is -2.14. The molecule has 0 aliphatic carbocycles. The molecule has 3 aromatic carbocycles. The van der Waals surface area contributed by atoms with Gasteiger partial charge in [0.1, 0.15) is 0 Å². The summed E-state index contributed by atoms with van der Waals surface area (Å²) in [4.78, 5) is 28.6. The Morgan fingerprint density at radius 2 is 1.65 bits per heavy atom. The number of carbonyl (C=O) groups is 2. The van der Waals surface area contributed by atoms with Gasteiger partial charge in [-0.2, -0.15) is 0 Å². The number of para-hydroxylation sites is 2. The summed E-state index contributed by atoms with van der Waals surface area (Å²) >= 11 is 0. The Bertz CT molecular complexity index is 1250. The number of rotatable bonds is 8. The summed E-state index contributed by atoms with van der Waals surface area (Å²) < 4.78 is 0. The molecule has 1 aromatic heterocycles. The third kappa shape index (κ3) is 4.06. The highest BCUT2D eigenvalue weighted by Crippen LogP contribution is 2.32. The number of hydrogen-bond acceptors (Lipinski definition) is 4. The number of carboxylic acid groups (broad SMARTS) is 1. The van der Waals surface area contributed by atoms with Crippen LogP contribution in [0, 0.1) is 0 Å². The van der Waals surface area contributed by atoms with Crippen LogP contribution in [-0.4, -0.2) is 40.1 Å². The molecule has 31 heavy (non-hydrogen) atoms. The molecule has 0 atom stereocenters. The van der Waals surface area contributed by atoms with Crippen LogP contribution in [0.5, 0.6) is 0 Å². The van der Waals surface area contributed by atoms with Crippen LogP contribution in [0.3, 0.4) is 0 Å². The van der Waals surface area contributed by atoms with Gasteiger partial charge >= 0.3 is 5.97 Å². The predicted octanol–water partition coefficient (Wildman–Crippen LogP) is 4.36. The molecule has 4 N–H and O–H groups in total. The van der Waals surface area contributed by atoms with Crippen LogP contribution in [0.25, 0.3) is 22.2 Å². The van der Waals surface area contributed by atoms with Gasteiger partial charge in [-0.15, -0.1) is 0 Å². The fourth-order valence-corrected chi connectivity index (χ4v) is 3.83. The minimum absolute atomic E-state index is 0.0244. The number of aromatic carboxylic acids is 1. The van der Waals surface area contributed by atoms with Crippen LogP contribution >= 0.6 is 0 Å². The molecule has 0 fully saturated rings. The minimum atomic E-state index is -1.09. The van der Waals surface area contributed by atoms with E-state index in [1.54, 1.807) is 12.1 Å². The van der Waals surface area contributed by atoms with Crippen molar-refractivity contribution in [3.63, 3.8) is 0 Å². The maximum absolute atomic E-state index is 13.5. The summed E-state index contributed by atoms with van der Waals surface area (Å²) in [6.45, 7) is 0.0375. The molecule has 0 amide bonds. The minimum Gasteiger partial charge on any atom is -0.478 e. The van der Waals surface area contributed by atoms with Crippen molar-refractivity contribution < 1.29 is 19.8 Å². The molecule has 6 heteroatoms. The zero-order chi connectivity index (χ0) is 21.8. The van der Waals surface area contributed by atoms with E-state index >= 15 is 0 Å². The van der Waals surface area contributed by atoms with Crippen LogP contribution in [0.2, 0.25) is 0 Å². The normalized spacial score (nSPS) is 10.9. The number of nitrogens with one attached hydrogen (secondary N) is 2. The van der Waals surface area contributed by atoms with Crippen LogP contribution in [0.1, 0.15) is 26.3 Å². The Hall–Kier alpha value is -3.90. The smallest absolute Gasteiger partial charge is 0.337 e. The van der Waals surface area contributed by atoms with E-state index < -0.39 is 5.97 Å². The molecule has 0 aliphatic rings. The summed E-state index contributed by atoms with van der Waals surface area (Å²) in [5.41, 5.74) is 4.09. The molecule has 0 aliphatic heterocycles. The highest BCUT2D eigenvalue weighted by molar-refractivity contribution is 6.14. The van der Waals surface area contributed by atoms with Gasteiger partial charge in [-0.3, -0.25) is 4.79 Å². The number of aromatic amines is 1. The van der Waals surface area contributed by atoms with Crippen molar-refractivity contribution in [1.29, 1.82) is 0 Å². The van der Waals surface area contributed by atoms with Crippen molar-refractivity contribution in [3.05, 3.63) is 89.5 Å². The number of H-pyrrole nitrogens is 1. The summed E-state index contributed by atoms with van der Waals surface area (Å²) in [5, 5.41) is 22.5. The number of aliphatic hydroxyl groups is 1. The highest BCUT2D eigenvalue weighted by Gasteiger charge is 2.22. The van der Waals surface area contributed by atoms with Gasteiger partial charge in [0.25, 0.3) is 0 Å². The van der Waals surface area contributed by atoms with E-state index in [1.165, 1.54) is 6.07 Å². The zero-order valence-electron chi connectivity index (χ0n) is 16.8. The van der Waals surface area contributed by atoms with E-state index in [0.29, 0.717) is 16.8 Å². The van der Waals surface area contributed by atoms with E-state index in [9.17, 15) is 19.8 Å². The number of hydrogen-bond donors (Lipinski definition) is 4. The fraction of sp³-hybridized carbons (Fsp3) is 0.120. The van der Waals surface area contributed by atoms with Gasteiger partial charge in [-0.05, 0) is 23.3 Å². The van der Waals surface area contributed by atoms with Crippen LogP contribution in [0.4, 0.5) is 5.69 Å². The first-order chi connectivity index (χ1) is 15.1.